The standard InChI is InChI=1S/C26H38N2O7S/c1-16(7-9-18-22(30)21-19(15-34-24(21)31)17(2)23(18)33-6)8-10-20(29)27-11-13-36-14-12-28-25(32)35-26(3,4)5/h7,30H,8-15H2,1-6H3,(H,27,29)(H,28,32). The van der Waals surface area contributed by atoms with Crippen LogP contribution in [0.2, 0.25) is 0 Å². The summed E-state index contributed by atoms with van der Waals surface area (Å²) in [6.07, 6.45) is 2.81. The minimum Gasteiger partial charge on any atom is -0.507 e. The Morgan fingerprint density at radius 2 is 1.83 bits per heavy atom. The van der Waals surface area contributed by atoms with E-state index in [1.807, 2.05) is 40.7 Å². The number of amides is 2. The number of carbonyl (C=O) groups excluding carboxylic acids is 3. The highest BCUT2D eigenvalue weighted by atomic mass is 32.2. The van der Waals surface area contributed by atoms with E-state index in [0.29, 0.717) is 49.2 Å². The van der Waals surface area contributed by atoms with Crippen LogP contribution in [0.25, 0.3) is 0 Å². The summed E-state index contributed by atoms with van der Waals surface area (Å²) in [6, 6.07) is 0. The number of phenolic OH excluding ortho intramolecular Hbond substituents is 1. The van der Waals surface area contributed by atoms with E-state index in [1.54, 1.807) is 11.8 Å². The SMILES string of the molecule is COc1c(C)c2c(c(O)c1CC=C(C)CCC(=O)NCCSCCNC(=O)OC(C)(C)C)C(=O)OC2. The van der Waals surface area contributed by atoms with Gasteiger partial charge in [0, 0.05) is 42.1 Å². The summed E-state index contributed by atoms with van der Waals surface area (Å²) in [6.45, 7) is 10.4. The molecule has 0 radical (unpaired) electrons. The van der Waals surface area contributed by atoms with Gasteiger partial charge in [0.1, 0.15) is 29.3 Å². The fourth-order valence-electron chi connectivity index (χ4n) is 3.71. The predicted molar refractivity (Wildman–Crippen MR) is 140 cm³/mol. The Balaban J connectivity index is 1.72. The van der Waals surface area contributed by atoms with Crippen LogP contribution in [0, 0.1) is 6.92 Å². The zero-order valence-electron chi connectivity index (χ0n) is 22.0. The van der Waals surface area contributed by atoms with Gasteiger partial charge in [-0.05, 0) is 53.0 Å². The van der Waals surface area contributed by atoms with Crippen molar-refractivity contribution >= 4 is 29.7 Å². The van der Waals surface area contributed by atoms with Crippen LogP contribution in [-0.4, -0.2) is 60.4 Å². The number of rotatable bonds is 12. The number of ether oxygens (including phenoxy) is 3. The van der Waals surface area contributed by atoms with E-state index in [4.69, 9.17) is 14.2 Å². The first-order valence-electron chi connectivity index (χ1n) is 12.0. The maximum absolute atomic E-state index is 12.2. The molecule has 0 saturated heterocycles. The number of alkyl carbamates (subject to hydrolysis) is 1. The van der Waals surface area contributed by atoms with Crippen molar-refractivity contribution in [1.82, 2.24) is 10.6 Å². The molecule has 3 N–H and O–H groups in total. The van der Waals surface area contributed by atoms with E-state index in [1.165, 1.54) is 7.11 Å². The number of benzene rings is 1. The van der Waals surface area contributed by atoms with Gasteiger partial charge in [-0.25, -0.2) is 9.59 Å². The van der Waals surface area contributed by atoms with Gasteiger partial charge in [0.05, 0.1) is 7.11 Å². The first kappa shape index (κ1) is 29.4. The van der Waals surface area contributed by atoms with E-state index in [2.05, 4.69) is 10.6 Å². The quantitative estimate of drug-likeness (QED) is 0.214. The van der Waals surface area contributed by atoms with Crippen molar-refractivity contribution in [2.75, 3.05) is 31.7 Å². The largest absolute Gasteiger partial charge is 0.507 e. The molecule has 0 aromatic heterocycles. The highest BCUT2D eigenvalue weighted by Crippen LogP contribution is 2.42. The highest BCUT2D eigenvalue weighted by Gasteiger charge is 2.31. The first-order chi connectivity index (χ1) is 16.9. The maximum atomic E-state index is 12.2. The summed E-state index contributed by atoms with van der Waals surface area (Å²) < 4.78 is 15.8. The zero-order valence-corrected chi connectivity index (χ0v) is 22.9. The normalized spacial score (nSPS) is 13.2. The number of methoxy groups -OCH3 is 1. The molecule has 1 heterocycles. The summed E-state index contributed by atoms with van der Waals surface area (Å²) in [5, 5.41) is 16.3. The van der Waals surface area contributed by atoms with Gasteiger partial charge in [-0.15, -0.1) is 0 Å². The van der Waals surface area contributed by atoms with Gasteiger partial charge >= 0.3 is 12.1 Å². The fraction of sp³-hybridized carbons (Fsp3) is 0.577. The number of hydrogen-bond acceptors (Lipinski definition) is 8. The minimum atomic E-state index is -0.524. The summed E-state index contributed by atoms with van der Waals surface area (Å²) in [4.78, 5) is 35.8. The molecule has 0 aliphatic carbocycles. The van der Waals surface area contributed by atoms with Gasteiger partial charge in [0.25, 0.3) is 0 Å². The van der Waals surface area contributed by atoms with Crippen LogP contribution >= 0.6 is 11.8 Å². The average Bonchev–Trinajstić information content (AvgIpc) is 3.19. The van der Waals surface area contributed by atoms with Gasteiger partial charge in [0.2, 0.25) is 5.91 Å². The number of allylic oxidation sites excluding steroid dienone is 2. The van der Waals surface area contributed by atoms with Crippen molar-refractivity contribution < 1.29 is 33.7 Å². The van der Waals surface area contributed by atoms with E-state index in [0.717, 1.165) is 22.6 Å². The molecule has 10 heteroatoms. The number of esters is 1. The maximum Gasteiger partial charge on any atom is 0.407 e. The molecule has 1 aromatic carbocycles. The molecule has 1 aliphatic rings. The van der Waals surface area contributed by atoms with Gasteiger partial charge in [-0.3, -0.25) is 4.79 Å². The topological polar surface area (TPSA) is 123 Å². The summed E-state index contributed by atoms with van der Waals surface area (Å²) in [7, 11) is 1.53. The van der Waals surface area contributed by atoms with Crippen molar-refractivity contribution in [3.05, 3.63) is 33.9 Å². The fourth-order valence-corrected chi connectivity index (χ4v) is 4.41. The number of nitrogens with one attached hydrogen (secondary N) is 2. The third-order valence-corrected chi connectivity index (χ3v) is 6.52. The molecular formula is C26H38N2O7S. The Bertz CT molecular complexity index is 999. The highest BCUT2D eigenvalue weighted by molar-refractivity contribution is 7.99. The number of fused-ring (bicyclic) bond motifs is 1. The summed E-state index contributed by atoms with van der Waals surface area (Å²) in [5.41, 5.74) is 2.68. The molecule has 2 amide bonds. The molecule has 0 saturated carbocycles. The third kappa shape index (κ3) is 8.65. The molecule has 9 nitrogen and oxygen atoms in total. The lowest BCUT2D eigenvalue weighted by Crippen LogP contribution is -2.33. The molecule has 2 rings (SSSR count). The minimum absolute atomic E-state index is 0.0354. The van der Waals surface area contributed by atoms with Crippen molar-refractivity contribution in [3.63, 3.8) is 0 Å². The third-order valence-electron chi connectivity index (χ3n) is 5.53. The van der Waals surface area contributed by atoms with Crippen LogP contribution in [0.15, 0.2) is 11.6 Å². The summed E-state index contributed by atoms with van der Waals surface area (Å²) in [5.74, 6) is 1.36. The lowest BCUT2D eigenvalue weighted by molar-refractivity contribution is -0.120. The van der Waals surface area contributed by atoms with Gasteiger partial charge < -0.3 is 30.0 Å². The number of cyclic esters (lactones) is 1. The van der Waals surface area contributed by atoms with Crippen LogP contribution in [0.3, 0.4) is 0 Å². The first-order valence-corrected chi connectivity index (χ1v) is 13.1. The van der Waals surface area contributed by atoms with Crippen molar-refractivity contribution in [1.29, 1.82) is 0 Å². The molecule has 0 spiro atoms. The molecule has 0 bridgehead atoms. The van der Waals surface area contributed by atoms with Gasteiger partial charge in [0.15, 0.2) is 0 Å². The number of hydrogen-bond donors (Lipinski definition) is 3. The second-order valence-corrected chi connectivity index (χ2v) is 10.8. The Morgan fingerprint density at radius 1 is 1.17 bits per heavy atom. The lowest BCUT2D eigenvalue weighted by Gasteiger charge is -2.19. The van der Waals surface area contributed by atoms with Crippen molar-refractivity contribution in [2.24, 2.45) is 0 Å². The van der Waals surface area contributed by atoms with Crippen LogP contribution in [0.5, 0.6) is 11.5 Å². The number of phenols is 1. The average molecular weight is 523 g/mol. The molecule has 1 aromatic rings. The number of thioether (sulfide) groups is 1. The van der Waals surface area contributed by atoms with Crippen LogP contribution in [-0.2, 0) is 27.3 Å². The number of aromatic hydroxyl groups is 1. The Kier molecular flexibility index (Phi) is 11.0. The second-order valence-electron chi connectivity index (χ2n) is 9.56. The van der Waals surface area contributed by atoms with E-state index in [-0.39, 0.29) is 23.8 Å². The Morgan fingerprint density at radius 3 is 2.47 bits per heavy atom. The number of carbonyl (C=O) groups is 3. The van der Waals surface area contributed by atoms with Gasteiger partial charge in [-0.2, -0.15) is 11.8 Å². The lowest BCUT2D eigenvalue weighted by atomic mass is 9.94. The Labute approximate surface area is 217 Å². The molecule has 1 aliphatic heterocycles. The predicted octanol–water partition coefficient (Wildman–Crippen LogP) is 4.02. The molecule has 200 valence electrons. The van der Waals surface area contributed by atoms with Gasteiger partial charge in [-0.1, -0.05) is 11.6 Å². The van der Waals surface area contributed by atoms with E-state index in [9.17, 15) is 19.5 Å². The zero-order chi connectivity index (χ0) is 26.9. The summed E-state index contributed by atoms with van der Waals surface area (Å²) >= 11 is 1.63. The monoisotopic (exact) mass is 522 g/mol. The Hall–Kier alpha value is -2.88. The molecule has 0 fully saturated rings. The molecule has 0 atom stereocenters. The molecular weight excluding hydrogens is 484 g/mol. The molecule has 36 heavy (non-hydrogen) atoms. The molecule has 0 unspecified atom stereocenters. The van der Waals surface area contributed by atoms with E-state index >= 15 is 0 Å². The van der Waals surface area contributed by atoms with E-state index < -0.39 is 17.7 Å². The van der Waals surface area contributed by atoms with Crippen LogP contribution < -0.4 is 15.4 Å². The van der Waals surface area contributed by atoms with Crippen molar-refractivity contribution in [3.8, 4) is 11.5 Å². The van der Waals surface area contributed by atoms with Crippen LogP contribution in [0.4, 0.5) is 4.79 Å². The second kappa shape index (κ2) is 13.4. The smallest absolute Gasteiger partial charge is 0.407 e. The van der Waals surface area contributed by atoms with Crippen molar-refractivity contribution in [2.45, 2.75) is 66.1 Å². The van der Waals surface area contributed by atoms with Crippen LogP contribution in [0.1, 0.15) is 67.6 Å².